The second-order valence-electron chi connectivity index (χ2n) is 8.74. The summed E-state index contributed by atoms with van der Waals surface area (Å²) in [6, 6.07) is 0. The Hall–Kier alpha value is -1.41. The van der Waals surface area contributed by atoms with Crippen LogP contribution in [0, 0.1) is 4.91 Å². The van der Waals surface area contributed by atoms with Crippen LogP contribution in [0.4, 0.5) is 0 Å². The van der Waals surface area contributed by atoms with E-state index in [2.05, 4.69) is 22.0 Å². The number of carbonyl (C=O) groups excluding carboxylic acids is 1. The molecule has 0 aromatic heterocycles. The maximum atomic E-state index is 11.4. The van der Waals surface area contributed by atoms with Crippen LogP contribution >= 0.6 is 0 Å². The summed E-state index contributed by atoms with van der Waals surface area (Å²) in [6.07, 6.45) is 21.9. The molecular formula is C25H54N3O5+. The molecule has 0 aliphatic rings. The number of hydrazine groups is 1. The Kier molecular flexibility index (Phi) is 29.3. The molecule has 0 spiro atoms. The molecule has 1 amide bonds. The number of hydrogen-bond acceptors (Lipinski definition) is 6. The van der Waals surface area contributed by atoms with Gasteiger partial charge in [0.25, 0.3) is 0 Å². The number of carbonyl (C=O) groups is 1. The van der Waals surface area contributed by atoms with Crippen molar-refractivity contribution in [3.63, 3.8) is 0 Å². The van der Waals surface area contributed by atoms with Crippen LogP contribution < -0.4 is 5.43 Å². The number of nitrogens with one attached hydrogen (secondary N) is 1. The highest BCUT2D eigenvalue weighted by atomic mass is 17.0. The molecule has 0 saturated carbocycles. The Morgan fingerprint density at radius 2 is 1.15 bits per heavy atom. The smallest absolute Gasteiger partial charge is 0.393 e. The summed E-state index contributed by atoms with van der Waals surface area (Å²) in [7, 11) is 3.70. The summed E-state index contributed by atoms with van der Waals surface area (Å²) in [4.78, 5) is 30.5. The van der Waals surface area contributed by atoms with E-state index in [0.29, 0.717) is 13.0 Å². The fourth-order valence-electron chi connectivity index (χ4n) is 3.28. The van der Waals surface area contributed by atoms with Crippen LogP contribution in [0.15, 0.2) is 0 Å². The minimum Gasteiger partial charge on any atom is -0.393 e. The Morgan fingerprint density at radius 3 is 1.55 bits per heavy atom. The lowest BCUT2D eigenvalue weighted by Crippen LogP contribution is -2.35. The fourth-order valence-corrected chi connectivity index (χ4v) is 3.28. The molecule has 0 heterocycles. The first kappa shape index (κ1) is 33.8. The molecule has 0 radical (unpaired) electrons. The molecule has 33 heavy (non-hydrogen) atoms. The summed E-state index contributed by atoms with van der Waals surface area (Å²) < 4.78 is 0. The van der Waals surface area contributed by atoms with Crippen molar-refractivity contribution in [1.82, 2.24) is 10.4 Å². The third-order valence-corrected chi connectivity index (χ3v) is 5.04. The van der Waals surface area contributed by atoms with Crippen molar-refractivity contribution in [3.05, 3.63) is 4.91 Å². The zero-order valence-electron chi connectivity index (χ0n) is 22.1. The number of aliphatic hydroxyl groups excluding tert-OH is 1. The van der Waals surface area contributed by atoms with Crippen LogP contribution in [0.1, 0.15) is 123 Å². The minimum absolute atomic E-state index is 0.0136. The highest BCUT2D eigenvalue weighted by molar-refractivity contribution is 5.75. The van der Waals surface area contributed by atoms with Gasteiger partial charge in [0, 0.05) is 20.5 Å². The Labute approximate surface area is 203 Å². The Bertz CT molecular complexity index is 413. The number of aliphatic hydroxyl groups is 1. The molecular weight excluding hydrogens is 422 g/mol. The molecule has 0 aliphatic heterocycles. The molecule has 0 fully saturated rings. The van der Waals surface area contributed by atoms with Gasteiger partial charge >= 0.3 is 5.09 Å². The van der Waals surface area contributed by atoms with Crippen molar-refractivity contribution < 1.29 is 24.7 Å². The summed E-state index contributed by atoms with van der Waals surface area (Å²) in [6.45, 7) is 4.26. The van der Waals surface area contributed by atoms with Gasteiger partial charge in [-0.2, -0.15) is 9.68 Å². The van der Waals surface area contributed by atoms with Gasteiger partial charge in [0.05, 0.1) is 6.61 Å². The molecule has 198 valence electrons. The monoisotopic (exact) mass is 476 g/mol. The van der Waals surface area contributed by atoms with E-state index in [1.165, 1.54) is 89.9 Å². The van der Waals surface area contributed by atoms with E-state index < -0.39 is 0 Å². The predicted octanol–water partition coefficient (Wildman–Crippen LogP) is 5.87. The van der Waals surface area contributed by atoms with Crippen molar-refractivity contribution in [1.29, 1.82) is 0 Å². The molecule has 0 unspecified atom stereocenters. The van der Waals surface area contributed by atoms with E-state index in [-0.39, 0.29) is 24.2 Å². The van der Waals surface area contributed by atoms with Gasteiger partial charge in [-0.15, -0.1) is 0 Å². The summed E-state index contributed by atoms with van der Waals surface area (Å²) in [5, 5.41) is 9.92. The van der Waals surface area contributed by atoms with Crippen molar-refractivity contribution >= 4 is 5.91 Å². The molecule has 0 aromatic carbocycles. The Balaban J connectivity index is 0. The van der Waals surface area contributed by atoms with Gasteiger partial charge in [-0.3, -0.25) is 10.2 Å². The third kappa shape index (κ3) is 32.8. The molecule has 0 aromatic rings. The van der Waals surface area contributed by atoms with E-state index in [9.17, 15) is 9.70 Å². The molecule has 8 heteroatoms. The molecule has 2 N–H and O–H groups in total. The quantitative estimate of drug-likeness (QED) is 0.141. The lowest BCUT2D eigenvalue weighted by Gasteiger charge is -2.11. The predicted molar refractivity (Wildman–Crippen MR) is 134 cm³/mol. The normalized spacial score (nSPS) is 10.5. The van der Waals surface area contributed by atoms with E-state index in [0.717, 1.165) is 12.8 Å². The molecule has 0 atom stereocenters. The number of rotatable bonds is 23. The van der Waals surface area contributed by atoms with Gasteiger partial charge in [0.15, 0.2) is 13.2 Å². The fraction of sp³-hybridized carbons (Fsp3) is 0.960. The average molecular weight is 477 g/mol. The highest BCUT2D eigenvalue weighted by Gasteiger charge is 2.09. The first-order valence-corrected chi connectivity index (χ1v) is 13.3. The van der Waals surface area contributed by atoms with Crippen LogP contribution in [-0.4, -0.2) is 55.0 Å². The van der Waals surface area contributed by atoms with E-state index >= 15 is 0 Å². The first-order chi connectivity index (χ1) is 16.0. The van der Waals surface area contributed by atoms with Crippen molar-refractivity contribution in [2.24, 2.45) is 0 Å². The summed E-state index contributed by atoms with van der Waals surface area (Å²) in [5.41, 5.74) is 2.79. The standard InChI is InChI=1S/C20H42N2O.C5H12NO4/c1-4-5-6-7-8-9-10-11-12-13-14-15-16-17-18-19-20(23)21-22(2)3;1-2-4-9-6(8)10-5-3-7/h4-19H2,1-3H3,(H,21,23);7H,2-5H2,1H3/q;+1. The third-order valence-electron chi connectivity index (χ3n) is 5.04. The van der Waals surface area contributed by atoms with Crippen LogP contribution in [0.2, 0.25) is 0 Å². The number of hydrogen-bond donors (Lipinski definition) is 2. The van der Waals surface area contributed by atoms with E-state index in [1.54, 1.807) is 5.01 Å². The molecule has 0 aliphatic carbocycles. The summed E-state index contributed by atoms with van der Waals surface area (Å²) in [5.74, 6) is 0.143. The van der Waals surface area contributed by atoms with Gasteiger partial charge in [-0.05, 0) is 12.8 Å². The Morgan fingerprint density at radius 1 is 0.727 bits per heavy atom. The second kappa shape index (κ2) is 28.6. The maximum absolute atomic E-state index is 11.4. The SMILES string of the molecule is CCCCCCCCCCCCCCCCCC(=O)NN(C)C.CCCO[N+](=O)OCCO. The van der Waals surface area contributed by atoms with Crippen LogP contribution in [-0.2, 0) is 14.5 Å². The zero-order chi connectivity index (χ0) is 25.0. The van der Waals surface area contributed by atoms with Gasteiger partial charge in [-0.1, -0.05) is 104 Å². The number of nitrogens with zero attached hydrogens (tertiary/aromatic N) is 2. The number of unbranched alkanes of at least 4 members (excludes halogenated alkanes) is 14. The lowest BCUT2D eigenvalue weighted by atomic mass is 10.0. The maximum Gasteiger partial charge on any atom is 0.477 e. The van der Waals surface area contributed by atoms with Crippen molar-refractivity contribution in [2.45, 2.75) is 123 Å². The van der Waals surface area contributed by atoms with Gasteiger partial charge < -0.3 is 5.11 Å². The molecule has 0 rings (SSSR count). The first-order valence-electron chi connectivity index (χ1n) is 13.3. The molecule has 0 saturated heterocycles. The molecule has 8 nitrogen and oxygen atoms in total. The largest absolute Gasteiger partial charge is 0.477 e. The highest BCUT2D eigenvalue weighted by Crippen LogP contribution is 2.13. The lowest BCUT2D eigenvalue weighted by molar-refractivity contribution is -0.981. The second-order valence-corrected chi connectivity index (χ2v) is 8.74. The van der Waals surface area contributed by atoms with E-state index in [4.69, 9.17) is 5.11 Å². The minimum atomic E-state index is -0.186. The van der Waals surface area contributed by atoms with Crippen molar-refractivity contribution in [3.8, 4) is 0 Å². The average Bonchev–Trinajstić information content (AvgIpc) is 2.78. The van der Waals surface area contributed by atoms with Crippen molar-refractivity contribution in [2.75, 3.05) is 33.9 Å². The zero-order valence-corrected chi connectivity index (χ0v) is 22.1. The molecule has 0 bridgehead atoms. The van der Waals surface area contributed by atoms with Gasteiger partial charge in [-0.25, -0.2) is 5.01 Å². The van der Waals surface area contributed by atoms with E-state index in [1.807, 2.05) is 21.0 Å². The summed E-state index contributed by atoms with van der Waals surface area (Å²) >= 11 is 0. The van der Waals surface area contributed by atoms with Crippen LogP contribution in [0.5, 0.6) is 0 Å². The van der Waals surface area contributed by atoms with Gasteiger partial charge in [0.2, 0.25) is 5.91 Å². The van der Waals surface area contributed by atoms with Crippen LogP contribution in [0.3, 0.4) is 0 Å². The van der Waals surface area contributed by atoms with Gasteiger partial charge in [0.1, 0.15) is 4.91 Å². The topological polar surface area (TPSA) is 91.1 Å². The number of amides is 1. The van der Waals surface area contributed by atoms with Crippen LogP contribution in [0.25, 0.3) is 0 Å².